The Morgan fingerprint density at radius 2 is 1.92 bits per heavy atom. The number of aromatic nitrogens is 2. The third-order valence-corrected chi connectivity index (χ3v) is 4.11. The highest BCUT2D eigenvalue weighted by Crippen LogP contribution is 2.16. The second-order valence-corrected chi connectivity index (χ2v) is 5.93. The number of hydrogen-bond donors (Lipinski definition) is 2. The van der Waals surface area contributed by atoms with Crippen LogP contribution in [0, 0.1) is 0 Å². The van der Waals surface area contributed by atoms with E-state index in [4.69, 9.17) is 4.74 Å². The maximum Gasteiger partial charge on any atom is 0.280 e. The van der Waals surface area contributed by atoms with Crippen molar-refractivity contribution in [2.45, 2.75) is 6.61 Å². The van der Waals surface area contributed by atoms with E-state index in [0.717, 1.165) is 16.9 Å². The quantitative estimate of drug-likeness (QED) is 0.491. The summed E-state index contributed by atoms with van der Waals surface area (Å²) in [6.07, 6.45) is 3.12. The third-order valence-electron chi connectivity index (χ3n) is 3.32. The molecular formula is C18H15BrN4O2. The molecule has 3 rings (SSSR count). The molecule has 1 aromatic heterocycles. The highest BCUT2D eigenvalue weighted by atomic mass is 79.9. The van der Waals surface area contributed by atoms with Crippen LogP contribution in [0.3, 0.4) is 0 Å². The molecule has 0 amide bonds. The van der Waals surface area contributed by atoms with Crippen LogP contribution in [0.1, 0.15) is 11.1 Å². The third kappa shape index (κ3) is 4.77. The van der Waals surface area contributed by atoms with Crippen LogP contribution < -0.4 is 15.7 Å². The molecule has 0 aliphatic heterocycles. The summed E-state index contributed by atoms with van der Waals surface area (Å²) in [7, 11) is 0. The summed E-state index contributed by atoms with van der Waals surface area (Å²) < 4.78 is 6.09. The predicted octanol–water partition coefficient (Wildman–Crippen LogP) is 3.56. The summed E-state index contributed by atoms with van der Waals surface area (Å²) >= 11 is 3.18. The van der Waals surface area contributed by atoms with Crippen molar-refractivity contribution in [1.82, 2.24) is 10.2 Å². The minimum atomic E-state index is -0.319. The zero-order chi connectivity index (χ0) is 17.5. The first-order valence-electron chi connectivity index (χ1n) is 7.51. The van der Waals surface area contributed by atoms with Gasteiger partial charge in [-0.15, -0.1) is 0 Å². The van der Waals surface area contributed by atoms with E-state index in [-0.39, 0.29) is 5.56 Å². The fourth-order valence-electron chi connectivity index (χ4n) is 2.03. The molecule has 2 aromatic carbocycles. The van der Waals surface area contributed by atoms with E-state index in [9.17, 15) is 4.79 Å². The van der Waals surface area contributed by atoms with Crippen LogP contribution in [0.25, 0.3) is 0 Å². The molecule has 0 radical (unpaired) electrons. The van der Waals surface area contributed by atoms with Gasteiger partial charge in [0.1, 0.15) is 16.8 Å². The van der Waals surface area contributed by atoms with E-state index < -0.39 is 0 Å². The van der Waals surface area contributed by atoms with Crippen LogP contribution in [0.4, 0.5) is 5.69 Å². The van der Waals surface area contributed by atoms with Gasteiger partial charge in [0, 0.05) is 0 Å². The molecule has 1 heterocycles. The fraction of sp³-hybridized carbons (Fsp3) is 0.0556. The van der Waals surface area contributed by atoms with E-state index in [1.54, 1.807) is 6.21 Å². The number of nitrogens with zero attached hydrogens (tertiary/aromatic N) is 2. The number of nitrogens with one attached hydrogen (secondary N) is 2. The lowest BCUT2D eigenvalue weighted by molar-refractivity contribution is 0.306. The van der Waals surface area contributed by atoms with Gasteiger partial charge in [-0.3, -0.25) is 10.2 Å². The van der Waals surface area contributed by atoms with E-state index >= 15 is 0 Å². The molecule has 126 valence electrons. The van der Waals surface area contributed by atoms with Gasteiger partial charge in [0.2, 0.25) is 0 Å². The van der Waals surface area contributed by atoms with Gasteiger partial charge in [-0.1, -0.05) is 30.3 Å². The highest BCUT2D eigenvalue weighted by Gasteiger charge is 2.02. The minimum Gasteiger partial charge on any atom is -0.489 e. The lowest BCUT2D eigenvalue weighted by Gasteiger charge is -2.06. The Morgan fingerprint density at radius 1 is 1.16 bits per heavy atom. The van der Waals surface area contributed by atoms with Crippen LogP contribution in [-0.4, -0.2) is 16.4 Å². The number of benzene rings is 2. The molecule has 3 aromatic rings. The molecule has 25 heavy (non-hydrogen) atoms. The highest BCUT2D eigenvalue weighted by molar-refractivity contribution is 9.10. The average Bonchev–Trinajstić information content (AvgIpc) is 2.65. The number of ether oxygens (including phenoxy) is 1. The lowest BCUT2D eigenvalue weighted by Crippen LogP contribution is -2.10. The topological polar surface area (TPSA) is 79.4 Å². The molecule has 0 spiro atoms. The van der Waals surface area contributed by atoms with Gasteiger partial charge in [-0.05, 0) is 51.3 Å². The molecule has 0 saturated carbocycles. The Hall–Kier alpha value is -2.93. The van der Waals surface area contributed by atoms with Crippen LogP contribution in [0.2, 0.25) is 0 Å². The fourth-order valence-corrected chi connectivity index (χ4v) is 2.31. The second kappa shape index (κ2) is 8.25. The standard InChI is InChI=1S/C18H15BrN4O2/c19-17-16(11-21-23-18(17)24)22-20-10-13-6-8-15(9-7-13)25-12-14-4-2-1-3-5-14/h1-11H,12H2,(H2,22,23,24)/b20-10-. The van der Waals surface area contributed by atoms with Gasteiger partial charge < -0.3 is 4.74 Å². The Bertz CT molecular complexity index is 908. The number of hydrazone groups is 1. The van der Waals surface area contributed by atoms with Crippen molar-refractivity contribution in [3.05, 3.63) is 86.7 Å². The first-order valence-corrected chi connectivity index (χ1v) is 8.31. The van der Waals surface area contributed by atoms with Crippen molar-refractivity contribution in [3.63, 3.8) is 0 Å². The summed E-state index contributed by atoms with van der Waals surface area (Å²) in [6.45, 7) is 0.527. The summed E-state index contributed by atoms with van der Waals surface area (Å²) in [5.41, 5.74) is 4.96. The summed E-state index contributed by atoms with van der Waals surface area (Å²) in [4.78, 5) is 11.4. The van der Waals surface area contributed by atoms with Crippen molar-refractivity contribution in [1.29, 1.82) is 0 Å². The van der Waals surface area contributed by atoms with Crippen LogP contribution in [0.15, 0.2) is 75.2 Å². The Morgan fingerprint density at radius 3 is 2.68 bits per heavy atom. The summed E-state index contributed by atoms with van der Waals surface area (Å²) in [5, 5.41) is 10.1. The number of anilines is 1. The van der Waals surface area contributed by atoms with Gasteiger partial charge in [0.05, 0.1) is 18.1 Å². The molecule has 2 N–H and O–H groups in total. The van der Waals surface area contributed by atoms with E-state index in [0.29, 0.717) is 16.8 Å². The molecular weight excluding hydrogens is 384 g/mol. The molecule has 0 atom stereocenters. The van der Waals surface area contributed by atoms with Crippen molar-refractivity contribution in [3.8, 4) is 5.75 Å². The van der Waals surface area contributed by atoms with E-state index in [1.807, 2.05) is 54.6 Å². The lowest BCUT2D eigenvalue weighted by atomic mass is 10.2. The van der Waals surface area contributed by atoms with Crippen molar-refractivity contribution >= 4 is 27.8 Å². The molecule has 0 aliphatic rings. The zero-order valence-corrected chi connectivity index (χ0v) is 14.7. The van der Waals surface area contributed by atoms with Crippen molar-refractivity contribution in [2.24, 2.45) is 5.10 Å². The summed E-state index contributed by atoms with van der Waals surface area (Å²) in [6, 6.07) is 17.6. The maximum atomic E-state index is 11.4. The monoisotopic (exact) mass is 398 g/mol. The number of hydrogen-bond acceptors (Lipinski definition) is 5. The zero-order valence-electron chi connectivity index (χ0n) is 13.1. The van der Waals surface area contributed by atoms with Gasteiger partial charge in [0.25, 0.3) is 5.56 Å². The smallest absolute Gasteiger partial charge is 0.280 e. The average molecular weight is 399 g/mol. The maximum absolute atomic E-state index is 11.4. The van der Waals surface area contributed by atoms with Crippen molar-refractivity contribution < 1.29 is 4.74 Å². The van der Waals surface area contributed by atoms with Gasteiger partial charge in [-0.2, -0.15) is 10.2 Å². The second-order valence-electron chi connectivity index (χ2n) is 5.14. The molecule has 0 aliphatic carbocycles. The first kappa shape index (κ1) is 16.9. The summed E-state index contributed by atoms with van der Waals surface area (Å²) in [5.74, 6) is 0.787. The molecule has 0 bridgehead atoms. The normalized spacial score (nSPS) is 10.8. The number of rotatable bonds is 6. The van der Waals surface area contributed by atoms with Crippen molar-refractivity contribution in [2.75, 3.05) is 5.43 Å². The van der Waals surface area contributed by atoms with Gasteiger partial charge in [0.15, 0.2) is 0 Å². The molecule has 0 fully saturated rings. The predicted molar refractivity (Wildman–Crippen MR) is 101 cm³/mol. The first-order chi connectivity index (χ1) is 12.2. The Balaban J connectivity index is 1.57. The largest absolute Gasteiger partial charge is 0.489 e. The SMILES string of the molecule is O=c1[nH]ncc(N/N=C\c2ccc(OCc3ccccc3)cc2)c1Br. The minimum absolute atomic E-state index is 0.319. The van der Waals surface area contributed by atoms with Crippen LogP contribution >= 0.6 is 15.9 Å². The number of halogens is 1. The Labute approximate surface area is 152 Å². The van der Waals surface area contributed by atoms with Crippen LogP contribution in [-0.2, 0) is 6.61 Å². The molecule has 6 nitrogen and oxygen atoms in total. The number of H-pyrrole nitrogens is 1. The van der Waals surface area contributed by atoms with E-state index in [1.165, 1.54) is 6.20 Å². The molecule has 7 heteroatoms. The van der Waals surface area contributed by atoms with Gasteiger partial charge in [-0.25, -0.2) is 5.10 Å². The van der Waals surface area contributed by atoms with Crippen LogP contribution in [0.5, 0.6) is 5.75 Å². The van der Waals surface area contributed by atoms with E-state index in [2.05, 4.69) is 36.7 Å². The number of aromatic amines is 1. The van der Waals surface area contributed by atoms with Gasteiger partial charge >= 0.3 is 0 Å². The molecule has 0 unspecified atom stereocenters. The molecule has 0 saturated heterocycles. The Kier molecular flexibility index (Phi) is 5.58.